The van der Waals surface area contributed by atoms with Crippen LogP contribution in [0, 0.1) is 5.82 Å². The Labute approximate surface area is 149 Å². The van der Waals surface area contributed by atoms with E-state index in [0.717, 1.165) is 0 Å². The van der Waals surface area contributed by atoms with Gasteiger partial charge in [0.15, 0.2) is 18.2 Å². The Kier molecular flexibility index (Phi) is 6.29. The Hall–Kier alpha value is -1.98. The maximum atomic E-state index is 13.7. The standard InChI is InChI=1S/C17H16Cl2FNO3/c1-21(9-11-3-6-16(23-2)15(20)7-11)17(22)10-24-12-4-5-13(18)14(19)8-12/h3-8H,9-10H2,1-2H3. The molecule has 0 aliphatic rings. The lowest BCUT2D eigenvalue weighted by Gasteiger charge is -2.18. The van der Waals surface area contributed by atoms with Crippen LogP contribution in [0.15, 0.2) is 36.4 Å². The van der Waals surface area contributed by atoms with Crippen LogP contribution in [0.3, 0.4) is 0 Å². The summed E-state index contributed by atoms with van der Waals surface area (Å²) in [6.07, 6.45) is 0. The molecular formula is C17H16Cl2FNO3. The van der Waals surface area contributed by atoms with E-state index in [0.29, 0.717) is 21.4 Å². The van der Waals surface area contributed by atoms with Gasteiger partial charge >= 0.3 is 0 Å². The lowest BCUT2D eigenvalue weighted by atomic mass is 10.2. The van der Waals surface area contributed by atoms with Gasteiger partial charge in [0.25, 0.3) is 5.91 Å². The predicted molar refractivity (Wildman–Crippen MR) is 91.4 cm³/mol. The van der Waals surface area contributed by atoms with Gasteiger partial charge in [0, 0.05) is 19.7 Å². The van der Waals surface area contributed by atoms with Crippen LogP contribution in [0.5, 0.6) is 11.5 Å². The first kappa shape index (κ1) is 18.4. The SMILES string of the molecule is COc1ccc(CN(C)C(=O)COc2ccc(Cl)c(Cl)c2)cc1F. The molecule has 2 aromatic carbocycles. The second-order valence-corrected chi connectivity index (χ2v) is 5.90. The number of likely N-dealkylation sites (N-methyl/N-ethyl adjacent to an activating group) is 1. The number of carbonyl (C=O) groups excluding carboxylic acids is 1. The molecule has 0 atom stereocenters. The van der Waals surface area contributed by atoms with Crippen LogP contribution in [0.4, 0.5) is 4.39 Å². The lowest BCUT2D eigenvalue weighted by Crippen LogP contribution is -2.31. The van der Waals surface area contributed by atoms with Crippen molar-refractivity contribution in [3.63, 3.8) is 0 Å². The fraction of sp³-hybridized carbons (Fsp3) is 0.235. The van der Waals surface area contributed by atoms with E-state index < -0.39 is 5.82 Å². The van der Waals surface area contributed by atoms with Gasteiger partial charge in [-0.1, -0.05) is 29.3 Å². The lowest BCUT2D eigenvalue weighted by molar-refractivity contribution is -0.132. The summed E-state index contributed by atoms with van der Waals surface area (Å²) in [6.45, 7) is 0.0948. The largest absolute Gasteiger partial charge is 0.494 e. The smallest absolute Gasteiger partial charge is 0.260 e. The van der Waals surface area contributed by atoms with Crippen LogP contribution in [-0.2, 0) is 11.3 Å². The molecule has 0 fully saturated rings. The Morgan fingerprint density at radius 3 is 2.54 bits per heavy atom. The maximum absolute atomic E-state index is 13.7. The minimum absolute atomic E-state index is 0.160. The molecule has 0 aliphatic carbocycles. The molecule has 0 aromatic heterocycles. The molecule has 0 unspecified atom stereocenters. The van der Waals surface area contributed by atoms with Gasteiger partial charge in [-0.3, -0.25) is 4.79 Å². The average Bonchev–Trinajstić information content (AvgIpc) is 2.55. The van der Waals surface area contributed by atoms with E-state index >= 15 is 0 Å². The molecule has 2 rings (SSSR count). The van der Waals surface area contributed by atoms with E-state index in [4.69, 9.17) is 32.7 Å². The van der Waals surface area contributed by atoms with Crippen LogP contribution >= 0.6 is 23.2 Å². The quantitative estimate of drug-likeness (QED) is 0.764. The molecular weight excluding hydrogens is 356 g/mol. The topological polar surface area (TPSA) is 38.8 Å². The summed E-state index contributed by atoms with van der Waals surface area (Å²) in [5.74, 6) is -0.113. The van der Waals surface area contributed by atoms with Gasteiger partial charge in [-0.25, -0.2) is 4.39 Å². The zero-order valence-electron chi connectivity index (χ0n) is 13.2. The van der Waals surface area contributed by atoms with Crippen molar-refractivity contribution in [3.8, 4) is 11.5 Å². The number of ether oxygens (including phenoxy) is 2. The van der Waals surface area contributed by atoms with Crippen molar-refractivity contribution in [2.45, 2.75) is 6.54 Å². The predicted octanol–water partition coefficient (Wildman–Crippen LogP) is 4.18. The Balaban J connectivity index is 1.92. The van der Waals surface area contributed by atoms with Crippen molar-refractivity contribution in [2.75, 3.05) is 20.8 Å². The van der Waals surface area contributed by atoms with Gasteiger partial charge in [0.05, 0.1) is 17.2 Å². The highest BCUT2D eigenvalue weighted by atomic mass is 35.5. The molecule has 4 nitrogen and oxygen atoms in total. The second kappa shape index (κ2) is 8.22. The van der Waals surface area contributed by atoms with Crippen molar-refractivity contribution >= 4 is 29.1 Å². The second-order valence-electron chi connectivity index (χ2n) is 5.08. The fourth-order valence-electron chi connectivity index (χ4n) is 1.99. The fourth-order valence-corrected chi connectivity index (χ4v) is 2.28. The zero-order valence-corrected chi connectivity index (χ0v) is 14.7. The third-order valence-corrected chi connectivity index (χ3v) is 4.05. The summed E-state index contributed by atoms with van der Waals surface area (Å²) in [6, 6.07) is 9.31. The van der Waals surface area contributed by atoms with E-state index in [1.807, 2.05) is 0 Å². The number of carbonyl (C=O) groups is 1. The number of methoxy groups -OCH3 is 1. The average molecular weight is 372 g/mol. The highest BCUT2D eigenvalue weighted by Crippen LogP contribution is 2.26. The monoisotopic (exact) mass is 371 g/mol. The van der Waals surface area contributed by atoms with E-state index in [2.05, 4.69) is 0 Å². The third-order valence-electron chi connectivity index (χ3n) is 3.32. The molecule has 0 saturated carbocycles. The first-order chi connectivity index (χ1) is 11.4. The summed E-state index contributed by atoms with van der Waals surface area (Å²) in [5, 5.41) is 0.762. The maximum Gasteiger partial charge on any atom is 0.260 e. The molecule has 0 heterocycles. The van der Waals surface area contributed by atoms with Crippen molar-refractivity contribution < 1.29 is 18.7 Å². The highest BCUT2D eigenvalue weighted by Gasteiger charge is 2.12. The van der Waals surface area contributed by atoms with E-state index in [9.17, 15) is 9.18 Å². The highest BCUT2D eigenvalue weighted by molar-refractivity contribution is 6.42. The molecule has 0 saturated heterocycles. The van der Waals surface area contributed by atoms with E-state index in [-0.39, 0.29) is 24.8 Å². The molecule has 0 bridgehead atoms. The van der Waals surface area contributed by atoms with Crippen LogP contribution in [0.1, 0.15) is 5.56 Å². The number of hydrogen-bond acceptors (Lipinski definition) is 3. The molecule has 1 amide bonds. The summed E-state index contributed by atoms with van der Waals surface area (Å²) >= 11 is 11.7. The van der Waals surface area contributed by atoms with Crippen LogP contribution in [0.25, 0.3) is 0 Å². The Morgan fingerprint density at radius 2 is 1.92 bits per heavy atom. The van der Waals surface area contributed by atoms with Crippen molar-refractivity contribution in [2.24, 2.45) is 0 Å². The Morgan fingerprint density at radius 1 is 1.17 bits per heavy atom. The molecule has 0 aliphatic heterocycles. The molecule has 2 aromatic rings. The normalized spacial score (nSPS) is 10.4. The van der Waals surface area contributed by atoms with Gasteiger partial charge < -0.3 is 14.4 Å². The summed E-state index contributed by atoms with van der Waals surface area (Å²) < 4.78 is 23.9. The first-order valence-corrected chi connectivity index (χ1v) is 7.80. The number of benzene rings is 2. The molecule has 24 heavy (non-hydrogen) atoms. The van der Waals surface area contributed by atoms with Crippen LogP contribution in [-0.4, -0.2) is 31.6 Å². The van der Waals surface area contributed by atoms with Crippen LogP contribution in [0.2, 0.25) is 10.0 Å². The van der Waals surface area contributed by atoms with Gasteiger partial charge in [0.1, 0.15) is 5.75 Å². The summed E-state index contributed by atoms with van der Waals surface area (Å²) in [7, 11) is 3.01. The molecule has 0 radical (unpaired) electrons. The minimum atomic E-state index is -0.470. The van der Waals surface area contributed by atoms with E-state index in [1.165, 1.54) is 30.2 Å². The molecule has 0 spiro atoms. The van der Waals surface area contributed by atoms with Crippen molar-refractivity contribution in [3.05, 3.63) is 57.8 Å². The van der Waals surface area contributed by atoms with Crippen LogP contribution < -0.4 is 9.47 Å². The number of hydrogen-bond donors (Lipinski definition) is 0. The van der Waals surface area contributed by atoms with Gasteiger partial charge in [0.2, 0.25) is 0 Å². The molecule has 0 N–H and O–H groups in total. The summed E-state index contributed by atoms with van der Waals surface area (Å²) in [5.41, 5.74) is 0.652. The first-order valence-electron chi connectivity index (χ1n) is 7.05. The number of amides is 1. The summed E-state index contributed by atoms with van der Waals surface area (Å²) in [4.78, 5) is 13.5. The van der Waals surface area contributed by atoms with E-state index in [1.54, 1.807) is 25.2 Å². The molecule has 7 heteroatoms. The number of halogens is 3. The van der Waals surface area contributed by atoms with Crippen molar-refractivity contribution in [1.82, 2.24) is 4.90 Å². The number of nitrogens with zero attached hydrogens (tertiary/aromatic N) is 1. The van der Waals surface area contributed by atoms with Gasteiger partial charge in [-0.15, -0.1) is 0 Å². The third kappa shape index (κ3) is 4.76. The Bertz CT molecular complexity index is 740. The number of rotatable bonds is 6. The zero-order chi connectivity index (χ0) is 17.7. The minimum Gasteiger partial charge on any atom is -0.494 e. The van der Waals surface area contributed by atoms with Crippen molar-refractivity contribution in [1.29, 1.82) is 0 Å². The van der Waals surface area contributed by atoms with Gasteiger partial charge in [-0.05, 0) is 29.8 Å². The van der Waals surface area contributed by atoms with Gasteiger partial charge in [-0.2, -0.15) is 0 Å². The molecule has 128 valence electrons.